The maximum Gasteiger partial charge on any atom is 0.228 e. The summed E-state index contributed by atoms with van der Waals surface area (Å²) in [5, 5.41) is 0. The van der Waals surface area contributed by atoms with Gasteiger partial charge < -0.3 is 14.6 Å². The van der Waals surface area contributed by atoms with Crippen LogP contribution in [0, 0.1) is 5.82 Å². The van der Waals surface area contributed by atoms with E-state index in [1.165, 1.54) is 12.1 Å². The number of nitrogens with zero attached hydrogens (tertiary/aromatic N) is 4. The summed E-state index contributed by atoms with van der Waals surface area (Å²) in [6.45, 7) is 1.68. The average Bonchev–Trinajstić information content (AvgIpc) is 3.20. The third kappa shape index (κ3) is 3.76. The summed E-state index contributed by atoms with van der Waals surface area (Å²) in [5.74, 6) is 2.61. The molecule has 1 atom stereocenters. The van der Waals surface area contributed by atoms with Crippen molar-refractivity contribution in [2.75, 3.05) is 18.0 Å². The fraction of sp³-hybridized carbons (Fsp3) is 0.227. The minimum absolute atomic E-state index is 0.293. The van der Waals surface area contributed by atoms with Gasteiger partial charge >= 0.3 is 0 Å². The van der Waals surface area contributed by atoms with Crippen molar-refractivity contribution in [2.24, 2.45) is 0 Å². The van der Waals surface area contributed by atoms with Gasteiger partial charge in [0, 0.05) is 31.3 Å². The molecule has 0 amide bonds. The second-order valence-corrected chi connectivity index (χ2v) is 7.18. The standard InChI is InChI=1S/C22H20FN5O/c23-16-7-9-17(10-8-16)29-20-11-12-24-22(27-20)28-13-3-4-15(14-28)21-25-18-5-1-2-6-19(18)26-21/h1-2,5-12,15H,3-4,13-14H2,(H,25,26). The van der Waals surface area contributed by atoms with Crippen LogP contribution in [0.25, 0.3) is 11.0 Å². The molecule has 5 rings (SSSR count). The summed E-state index contributed by atoms with van der Waals surface area (Å²) < 4.78 is 18.8. The van der Waals surface area contributed by atoms with Crippen LogP contribution >= 0.6 is 0 Å². The lowest BCUT2D eigenvalue weighted by molar-refractivity contribution is 0.453. The SMILES string of the molecule is Fc1ccc(Oc2ccnc(N3CCCC(c4nc5ccccc5[nH]4)C3)n2)cc1. The number of imidazole rings is 1. The first kappa shape index (κ1) is 17.6. The highest BCUT2D eigenvalue weighted by Crippen LogP contribution is 2.29. The van der Waals surface area contributed by atoms with E-state index in [4.69, 9.17) is 9.72 Å². The number of rotatable bonds is 4. The average molecular weight is 389 g/mol. The third-order valence-electron chi connectivity index (χ3n) is 5.15. The first-order valence-electron chi connectivity index (χ1n) is 9.71. The Hall–Kier alpha value is -3.48. The molecular weight excluding hydrogens is 369 g/mol. The number of hydrogen-bond acceptors (Lipinski definition) is 5. The zero-order valence-electron chi connectivity index (χ0n) is 15.8. The number of aromatic nitrogens is 4. The van der Waals surface area contributed by atoms with E-state index in [9.17, 15) is 4.39 Å². The van der Waals surface area contributed by atoms with Gasteiger partial charge in [0.25, 0.3) is 0 Å². The van der Waals surface area contributed by atoms with Crippen LogP contribution in [-0.2, 0) is 0 Å². The molecule has 0 radical (unpaired) electrons. The Morgan fingerprint density at radius 3 is 2.76 bits per heavy atom. The fourth-order valence-corrected chi connectivity index (χ4v) is 3.71. The smallest absolute Gasteiger partial charge is 0.228 e. The number of piperidine rings is 1. The quantitative estimate of drug-likeness (QED) is 0.549. The minimum atomic E-state index is -0.300. The molecule has 1 aliphatic rings. The van der Waals surface area contributed by atoms with Gasteiger partial charge in [0.1, 0.15) is 17.4 Å². The largest absolute Gasteiger partial charge is 0.439 e. The van der Waals surface area contributed by atoms with Crippen LogP contribution in [0.1, 0.15) is 24.6 Å². The van der Waals surface area contributed by atoms with Crippen LogP contribution in [0.5, 0.6) is 11.6 Å². The number of H-pyrrole nitrogens is 1. The van der Waals surface area contributed by atoms with E-state index >= 15 is 0 Å². The fourth-order valence-electron chi connectivity index (χ4n) is 3.71. The highest BCUT2D eigenvalue weighted by molar-refractivity contribution is 5.74. The van der Waals surface area contributed by atoms with E-state index in [0.717, 1.165) is 42.8 Å². The summed E-state index contributed by atoms with van der Waals surface area (Å²) in [6.07, 6.45) is 3.79. The van der Waals surface area contributed by atoms with E-state index < -0.39 is 0 Å². The molecule has 1 N–H and O–H groups in total. The normalized spacial score (nSPS) is 16.9. The number of halogens is 1. The van der Waals surface area contributed by atoms with Crippen LogP contribution in [0.2, 0.25) is 0 Å². The van der Waals surface area contributed by atoms with Gasteiger partial charge in [-0.05, 0) is 49.2 Å². The van der Waals surface area contributed by atoms with Crippen molar-refractivity contribution in [3.8, 4) is 11.6 Å². The Bertz CT molecular complexity index is 1090. The van der Waals surface area contributed by atoms with Crippen molar-refractivity contribution in [1.82, 2.24) is 19.9 Å². The van der Waals surface area contributed by atoms with Crippen molar-refractivity contribution in [3.63, 3.8) is 0 Å². The second-order valence-electron chi connectivity index (χ2n) is 7.18. The van der Waals surface area contributed by atoms with Crippen molar-refractivity contribution < 1.29 is 9.13 Å². The van der Waals surface area contributed by atoms with Crippen LogP contribution in [0.4, 0.5) is 10.3 Å². The number of ether oxygens (including phenoxy) is 1. The number of aromatic amines is 1. The molecule has 146 valence electrons. The van der Waals surface area contributed by atoms with Gasteiger partial charge in [0.15, 0.2) is 0 Å². The van der Waals surface area contributed by atoms with Gasteiger partial charge in [-0.25, -0.2) is 14.4 Å². The van der Waals surface area contributed by atoms with Gasteiger partial charge in [0.2, 0.25) is 11.8 Å². The highest BCUT2D eigenvalue weighted by Gasteiger charge is 2.25. The van der Waals surface area contributed by atoms with Gasteiger partial charge in [0.05, 0.1) is 11.0 Å². The lowest BCUT2D eigenvalue weighted by Gasteiger charge is -2.31. The van der Waals surface area contributed by atoms with Gasteiger partial charge in [-0.15, -0.1) is 0 Å². The van der Waals surface area contributed by atoms with E-state index in [1.54, 1.807) is 24.4 Å². The maximum atomic E-state index is 13.1. The lowest BCUT2D eigenvalue weighted by atomic mass is 9.98. The molecule has 4 aromatic rings. The molecule has 6 nitrogen and oxygen atoms in total. The molecule has 2 aromatic heterocycles. The predicted octanol–water partition coefficient (Wildman–Crippen LogP) is 4.67. The summed E-state index contributed by atoms with van der Waals surface area (Å²) in [7, 11) is 0. The van der Waals surface area contributed by atoms with Gasteiger partial charge in [-0.2, -0.15) is 4.98 Å². The Morgan fingerprint density at radius 1 is 1.03 bits per heavy atom. The highest BCUT2D eigenvalue weighted by atomic mass is 19.1. The zero-order valence-corrected chi connectivity index (χ0v) is 15.8. The molecule has 29 heavy (non-hydrogen) atoms. The molecule has 0 saturated carbocycles. The number of para-hydroxylation sites is 2. The van der Waals surface area contributed by atoms with Crippen LogP contribution in [-0.4, -0.2) is 33.0 Å². The molecule has 7 heteroatoms. The molecule has 2 aromatic carbocycles. The van der Waals surface area contributed by atoms with Crippen molar-refractivity contribution >= 4 is 17.0 Å². The summed E-state index contributed by atoms with van der Waals surface area (Å²) in [4.78, 5) is 19.4. The Labute approximate surface area is 167 Å². The molecule has 0 aliphatic carbocycles. The maximum absolute atomic E-state index is 13.1. The van der Waals surface area contributed by atoms with Crippen LogP contribution in [0.3, 0.4) is 0 Å². The topological polar surface area (TPSA) is 66.9 Å². The van der Waals surface area contributed by atoms with E-state index in [2.05, 4.69) is 19.9 Å². The Kier molecular flexibility index (Phi) is 4.56. The van der Waals surface area contributed by atoms with E-state index in [0.29, 0.717) is 23.5 Å². The molecule has 1 unspecified atom stereocenters. The Balaban J connectivity index is 1.34. The van der Waals surface area contributed by atoms with Gasteiger partial charge in [-0.1, -0.05) is 12.1 Å². The van der Waals surface area contributed by atoms with Crippen molar-refractivity contribution in [2.45, 2.75) is 18.8 Å². The number of benzene rings is 2. The zero-order chi connectivity index (χ0) is 19.6. The Morgan fingerprint density at radius 2 is 1.90 bits per heavy atom. The summed E-state index contributed by atoms with van der Waals surface area (Å²) >= 11 is 0. The minimum Gasteiger partial charge on any atom is -0.439 e. The molecule has 0 spiro atoms. The third-order valence-corrected chi connectivity index (χ3v) is 5.15. The van der Waals surface area contributed by atoms with Crippen molar-refractivity contribution in [1.29, 1.82) is 0 Å². The van der Waals surface area contributed by atoms with Crippen LogP contribution in [0.15, 0.2) is 60.8 Å². The van der Waals surface area contributed by atoms with Gasteiger partial charge in [-0.3, -0.25) is 0 Å². The number of fused-ring (bicyclic) bond motifs is 1. The molecule has 1 saturated heterocycles. The predicted molar refractivity (Wildman–Crippen MR) is 109 cm³/mol. The monoisotopic (exact) mass is 389 g/mol. The van der Waals surface area contributed by atoms with Crippen molar-refractivity contribution in [3.05, 3.63) is 72.4 Å². The first-order valence-corrected chi connectivity index (χ1v) is 9.71. The first-order chi connectivity index (χ1) is 14.2. The molecule has 1 fully saturated rings. The molecule has 3 heterocycles. The van der Waals surface area contributed by atoms with E-state index in [-0.39, 0.29) is 5.82 Å². The molecule has 0 bridgehead atoms. The molecular formula is C22H20FN5O. The lowest BCUT2D eigenvalue weighted by Crippen LogP contribution is -2.35. The van der Waals surface area contributed by atoms with Crippen LogP contribution < -0.4 is 9.64 Å². The number of nitrogens with one attached hydrogen (secondary N) is 1. The van der Waals surface area contributed by atoms with E-state index in [1.807, 2.05) is 24.3 Å². The second kappa shape index (κ2) is 7.50. The summed E-state index contributed by atoms with van der Waals surface area (Å²) in [5.41, 5.74) is 2.05. The number of anilines is 1. The molecule has 1 aliphatic heterocycles. The number of hydrogen-bond donors (Lipinski definition) is 1. The summed E-state index contributed by atoms with van der Waals surface area (Å²) in [6, 6.07) is 15.7.